The molecule has 14 heteroatoms. The average molecular weight is 645 g/mol. The Bertz CT molecular complexity index is 1530. The van der Waals surface area contributed by atoms with Gasteiger partial charge in [0.2, 0.25) is 5.89 Å². The van der Waals surface area contributed by atoms with E-state index in [2.05, 4.69) is 25.3 Å². The standard InChI is InChI=1S/C32H38F2N4O8/c1-6-14-42-29(40)22-9-7-8-21(37-22)27(39)35-16-23-26(18(2)36-31(41)46-32(3,4)5)45-28(38-23)20-12-13-24(44-30(33)34)25(15-20)43-17-19-10-11-19/h7-9,12-13,15,18-19,30H,6,10-11,14,16-17H2,1-5H3,(H,35,39)(H,36,41)/t18-/m0/s1. The Labute approximate surface area is 265 Å². The number of rotatable bonds is 14. The van der Waals surface area contributed by atoms with Gasteiger partial charge in [0.05, 0.1) is 25.8 Å². The first-order valence-electron chi connectivity index (χ1n) is 15.0. The van der Waals surface area contributed by atoms with Crippen LogP contribution < -0.4 is 20.1 Å². The monoisotopic (exact) mass is 644 g/mol. The molecule has 1 aliphatic rings. The fourth-order valence-electron chi connectivity index (χ4n) is 4.14. The third-order valence-corrected chi connectivity index (χ3v) is 6.48. The van der Waals surface area contributed by atoms with Crippen LogP contribution in [0.1, 0.15) is 92.4 Å². The van der Waals surface area contributed by atoms with Crippen molar-refractivity contribution in [2.45, 2.75) is 78.7 Å². The van der Waals surface area contributed by atoms with Gasteiger partial charge in [0.15, 0.2) is 17.3 Å². The third-order valence-electron chi connectivity index (χ3n) is 6.48. The Balaban J connectivity index is 1.60. The van der Waals surface area contributed by atoms with E-state index in [1.54, 1.807) is 27.7 Å². The lowest BCUT2D eigenvalue weighted by Crippen LogP contribution is -2.34. The molecule has 2 heterocycles. The van der Waals surface area contributed by atoms with Crippen molar-refractivity contribution in [3.05, 3.63) is 59.2 Å². The van der Waals surface area contributed by atoms with Crippen molar-refractivity contribution >= 4 is 18.0 Å². The molecule has 1 atom stereocenters. The molecule has 0 aliphatic heterocycles. The second kappa shape index (κ2) is 15.0. The molecule has 0 bridgehead atoms. The minimum absolute atomic E-state index is 0.0142. The van der Waals surface area contributed by atoms with Crippen LogP contribution in [0.3, 0.4) is 0 Å². The van der Waals surface area contributed by atoms with Crippen LogP contribution in [0.15, 0.2) is 40.8 Å². The number of ether oxygens (including phenoxy) is 4. The van der Waals surface area contributed by atoms with Crippen molar-refractivity contribution < 1.29 is 46.5 Å². The van der Waals surface area contributed by atoms with Gasteiger partial charge < -0.3 is 34.0 Å². The summed E-state index contributed by atoms with van der Waals surface area (Å²) in [5.41, 5.74) is -0.145. The van der Waals surface area contributed by atoms with Crippen LogP contribution in [-0.2, 0) is 16.0 Å². The summed E-state index contributed by atoms with van der Waals surface area (Å²) in [5, 5.41) is 5.41. The van der Waals surface area contributed by atoms with Gasteiger partial charge in [0.25, 0.3) is 5.91 Å². The van der Waals surface area contributed by atoms with Crippen molar-refractivity contribution in [1.82, 2.24) is 20.6 Å². The van der Waals surface area contributed by atoms with E-state index >= 15 is 0 Å². The molecule has 12 nitrogen and oxygen atoms in total. The van der Waals surface area contributed by atoms with Gasteiger partial charge >= 0.3 is 18.7 Å². The van der Waals surface area contributed by atoms with Gasteiger partial charge in [-0.1, -0.05) is 13.0 Å². The highest BCUT2D eigenvalue weighted by molar-refractivity contribution is 5.94. The highest BCUT2D eigenvalue weighted by Crippen LogP contribution is 2.37. The smallest absolute Gasteiger partial charge is 0.408 e. The SMILES string of the molecule is CCCOC(=O)c1cccc(C(=O)NCc2nc(-c3ccc(OC(F)F)c(OCC4CC4)c3)oc2[C@H](C)NC(=O)OC(C)(C)C)n1. The maximum absolute atomic E-state index is 13.1. The summed E-state index contributed by atoms with van der Waals surface area (Å²) in [5.74, 6) is -0.640. The van der Waals surface area contributed by atoms with Crippen LogP contribution in [0, 0.1) is 5.92 Å². The summed E-state index contributed by atoms with van der Waals surface area (Å²) in [6.45, 7) is 6.05. The predicted octanol–water partition coefficient (Wildman–Crippen LogP) is 6.21. The molecule has 0 spiro atoms. The van der Waals surface area contributed by atoms with E-state index in [0.29, 0.717) is 24.5 Å². The number of benzene rings is 1. The second-order valence-corrected chi connectivity index (χ2v) is 11.7. The number of aromatic nitrogens is 2. The number of pyridine rings is 1. The highest BCUT2D eigenvalue weighted by Gasteiger charge is 2.27. The summed E-state index contributed by atoms with van der Waals surface area (Å²) in [6, 6.07) is 7.95. The number of nitrogens with one attached hydrogen (secondary N) is 2. The zero-order valence-corrected chi connectivity index (χ0v) is 26.4. The lowest BCUT2D eigenvalue weighted by atomic mass is 10.2. The Morgan fingerprint density at radius 3 is 2.48 bits per heavy atom. The Morgan fingerprint density at radius 1 is 1.07 bits per heavy atom. The summed E-state index contributed by atoms with van der Waals surface area (Å²) < 4.78 is 53.1. The number of hydrogen-bond donors (Lipinski definition) is 2. The van der Waals surface area contributed by atoms with Gasteiger partial charge in [-0.15, -0.1) is 0 Å². The number of oxazole rings is 1. The number of carbonyl (C=O) groups excluding carboxylic acids is 3. The van der Waals surface area contributed by atoms with Crippen molar-refractivity contribution in [2.24, 2.45) is 5.92 Å². The average Bonchev–Trinajstić information content (AvgIpc) is 3.73. The molecule has 46 heavy (non-hydrogen) atoms. The number of alkyl halides is 2. The molecule has 2 N–H and O–H groups in total. The predicted molar refractivity (Wildman–Crippen MR) is 161 cm³/mol. The molecular formula is C32H38F2N4O8. The molecular weight excluding hydrogens is 606 g/mol. The normalized spacial score (nSPS) is 13.6. The maximum atomic E-state index is 13.1. The van der Waals surface area contributed by atoms with Gasteiger partial charge in [-0.25, -0.2) is 19.6 Å². The largest absolute Gasteiger partial charge is 0.489 e. The lowest BCUT2D eigenvalue weighted by Gasteiger charge is -2.21. The molecule has 2 amide bonds. The Morgan fingerprint density at radius 2 is 1.80 bits per heavy atom. The van der Waals surface area contributed by atoms with Crippen molar-refractivity contribution in [3.63, 3.8) is 0 Å². The molecule has 248 valence electrons. The van der Waals surface area contributed by atoms with Crippen LogP contribution in [-0.4, -0.2) is 53.4 Å². The van der Waals surface area contributed by atoms with Gasteiger partial charge in [-0.2, -0.15) is 8.78 Å². The number of hydrogen-bond acceptors (Lipinski definition) is 10. The molecule has 3 aromatic rings. The van der Waals surface area contributed by atoms with Crippen LogP contribution in [0.2, 0.25) is 0 Å². The number of amides is 2. The molecule has 4 rings (SSSR count). The van der Waals surface area contributed by atoms with Gasteiger partial charge in [0, 0.05) is 5.56 Å². The number of halogens is 2. The molecule has 0 saturated heterocycles. The van der Waals surface area contributed by atoms with E-state index in [1.165, 1.54) is 36.4 Å². The number of alkyl carbamates (subject to hydrolysis) is 1. The quantitative estimate of drug-likeness (QED) is 0.194. The zero-order valence-electron chi connectivity index (χ0n) is 26.4. The minimum atomic E-state index is -3.05. The van der Waals surface area contributed by atoms with E-state index < -0.39 is 36.2 Å². The number of carbonyl (C=O) groups is 3. The van der Waals surface area contributed by atoms with Crippen LogP contribution in [0.25, 0.3) is 11.5 Å². The molecule has 2 aromatic heterocycles. The minimum Gasteiger partial charge on any atom is -0.489 e. The van der Waals surface area contributed by atoms with Crippen molar-refractivity contribution in [2.75, 3.05) is 13.2 Å². The topological polar surface area (TPSA) is 151 Å². The van der Waals surface area contributed by atoms with E-state index in [-0.39, 0.29) is 53.4 Å². The van der Waals surface area contributed by atoms with Crippen LogP contribution in [0.4, 0.5) is 13.6 Å². The maximum Gasteiger partial charge on any atom is 0.408 e. The molecule has 1 fully saturated rings. The lowest BCUT2D eigenvalue weighted by molar-refractivity contribution is -0.0515. The summed E-state index contributed by atoms with van der Waals surface area (Å²) >= 11 is 0. The van der Waals surface area contributed by atoms with E-state index in [9.17, 15) is 23.2 Å². The second-order valence-electron chi connectivity index (χ2n) is 11.7. The van der Waals surface area contributed by atoms with E-state index in [1.807, 2.05) is 6.92 Å². The molecule has 0 radical (unpaired) electrons. The molecule has 0 unspecified atom stereocenters. The highest BCUT2D eigenvalue weighted by atomic mass is 19.3. The fraction of sp³-hybridized carbons (Fsp3) is 0.469. The summed E-state index contributed by atoms with van der Waals surface area (Å²) in [4.78, 5) is 46.5. The van der Waals surface area contributed by atoms with Gasteiger partial charge in [0.1, 0.15) is 22.7 Å². The first-order chi connectivity index (χ1) is 21.8. The van der Waals surface area contributed by atoms with Gasteiger partial charge in [-0.05, 0) is 83.2 Å². The van der Waals surface area contributed by atoms with E-state index in [0.717, 1.165) is 12.8 Å². The van der Waals surface area contributed by atoms with Crippen LogP contribution in [0.5, 0.6) is 11.5 Å². The van der Waals surface area contributed by atoms with Crippen LogP contribution >= 0.6 is 0 Å². The molecule has 1 aromatic carbocycles. The number of nitrogens with zero attached hydrogens (tertiary/aromatic N) is 2. The Hall–Kier alpha value is -4.75. The molecule has 1 aliphatic carbocycles. The zero-order chi connectivity index (χ0) is 33.4. The molecule has 1 saturated carbocycles. The first-order valence-corrected chi connectivity index (χ1v) is 15.0. The Kier molecular flexibility index (Phi) is 11.1. The fourth-order valence-corrected chi connectivity index (χ4v) is 4.14. The number of esters is 1. The van der Waals surface area contributed by atoms with E-state index in [4.69, 9.17) is 18.6 Å². The van der Waals surface area contributed by atoms with Crippen molar-refractivity contribution in [1.29, 1.82) is 0 Å². The summed E-state index contributed by atoms with van der Waals surface area (Å²) in [6.07, 6.45) is 1.92. The first kappa shape index (κ1) is 34.1. The van der Waals surface area contributed by atoms with Crippen molar-refractivity contribution in [3.8, 4) is 23.0 Å². The van der Waals surface area contributed by atoms with Gasteiger partial charge in [-0.3, -0.25) is 4.79 Å². The summed E-state index contributed by atoms with van der Waals surface area (Å²) in [7, 11) is 0. The third kappa shape index (κ3) is 9.88.